The van der Waals surface area contributed by atoms with E-state index in [9.17, 15) is 27.2 Å². The van der Waals surface area contributed by atoms with Gasteiger partial charge in [0.2, 0.25) is 5.91 Å². The van der Waals surface area contributed by atoms with E-state index in [0.717, 1.165) is 17.0 Å². The molecule has 2 aromatic carbocycles. The van der Waals surface area contributed by atoms with Crippen molar-refractivity contribution in [3.63, 3.8) is 0 Å². The van der Waals surface area contributed by atoms with Gasteiger partial charge in [0.15, 0.2) is 0 Å². The summed E-state index contributed by atoms with van der Waals surface area (Å²) in [6.07, 6.45) is -4.67. The zero-order valence-electron chi connectivity index (χ0n) is 14.3. The van der Waals surface area contributed by atoms with Gasteiger partial charge in [-0.05, 0) is 42.8 Å². The lowest BCUT2D eigenvalue weighted by Crippen LogP contribution is -2.35. The molecule has 0 aromatic heterocycles. The Balaban J connectivity index is 2.07. The van der Waals surface area contributed by atoms with Crippen molar-refractivity contribution in [3.05, 3.63) is 63.9 Å². The number of aryl methyl sites for hydroxylation is 1. The third-order valence-electron chi connectivity index (χ3n) is 3.70. The van der Waals surface area contributed by atoms with E-state index in [1.54, 1.807) is 6.92 Å². The van der Waals surface area contributed by atoms with Crippen molar-refractivity contribution >= 4 is 29.1 Å². The van der Waals surface area contributed by atoms with E-state index < -0.39 is 40.9 Å². The molecule has 0 aliphatic heterocycles. The standard InChI is InChI=1S/C18H15ClF4N2O2/c1-10-3-4-11(7-15(10)20)17(27)25(2)9-16(26)24-12-5-6-14(19)13(8-12)18(21,22)23/h3-8H,9H2,1-2H3,(H,24,26). The minimum absolute atomic E-state index is 0.0549. The second kappa shape index (κ2) is 7.96. The summed E-state index contributed by atoms with van der Waals surface area (Å²) in [7, 11) is 1.32. The Morgan fingerprint density at radius 3 is 2.41 bits per heavy atom. The molecule has 27 heavy (non-hydrogen) atoms. The summed E-state index contributed by atoms with van der Waals surface area (Å²) in [6.45, 7) is 1.11. The fourth-order valence-corrected chi connectivity index (χ4v) is 2.48. The number of amides is 2. The van der Waals surface area contributed by atoms with Gasteiger partial charge in [-0.25, -0.2) is 4.39 Å². The molecule has 0 radical (unpaired) electrons. The number of carbonyl (C=O) groups excluding carboxylic acids is 2. The van der Waals surface area contributed by atoms with E-state index in [-0.39, 0.29) is 11.3 Å². The Morgan fingerprint density at radius 1 is 1.15 bits per heavy atom. The number of nitrogens with one attached hydrogen (secondary N) is 1. The van der Waals surface area contributed by atoms with Gasteiger partial charge in [-0.2, -0.15) is 13.2 Å². The zero-order chi connectivity index (χ0) is 20.4. The number of carbonyl (C=O) groups is 2. The molecule has 1 N–H and O–H groups in total. The van der Waals surface area contributed by atoms with Gasteiger partial charge in [-0.1, -0.05) is 17.7 Å². The number of hydrogen-bond acceptors (Lipinski definition) is 2. The van der Waals surface area contributed by atoms with Gasteiger partial charge in [0.1, 0.15) is 5.82 Å². The molecule has 144 valence electrons. The van der Waals surface area contributed by atoms with Crippen molar-refractivity contribution < 1.29 is 27.2 Å². The van der Waals surface area contributed by atoms with E-state index in [1.165, 1.54) is 25.2 Å². The van der Waals surface area contributed by atoms with Crippen LogP contribution in [0.25, 0.3) is 0 Å². The minimum atomic E-state index is -4.67. The van der Waals surface area contributed by atoms with Crippen LogP contribution in [0, 0.1) is 12.7 Å². The molecule has 0 saturated carbocycles. The van der Waals surface area contributed by atoms with E-state index in [4.69, 9.17) is 11.6 Å². The van der Waals surface area contributed by atoms with Crippen LogP contribution < -0.4 is 5.32 Å². The van der Waals surface area contributed by atoms with E-state index in [2.05, 4.69) is 5.32 Å². The molecule has 4 nitrogen and oxygen atoms in total. The number of rotatable bonds is 4. The predicted octanol–water partition coefficient (Wildman–Crippen LogP) is 4.52. The van der Waals surface area contributed by atoms with Crippen LogP contribution in [0.3, 0.4) is 0 Å². The molecule has 0 heterocycles. The van der Waals surface area contributed by atoms with Gasteiger partial charge in [-0.15, -0.1) is 0 Å². The first-order valence-corrected chi connectivity index (χ1v) is 8.05. The van der Waals surface area contributed by atoms with E-state index in [1.807, 2.05) is 0 Å². The molecule has 0 fully saturated rings. The molecule has 0 aliphatic carbocycles. The monoisotopic (exact) mass is 402 g/mol. The number of anilines is 1. The Bertz CT molecular complexity index is 884. The summed E-state index contributed by atoms with van der Waals surface area (Å²) in [6, 6.07) is 6.85. The number of benzene rings is 2. The summed E-state index contributed by atoms with van der Waals surface area (Å²) >= 11 is 5.52. The van der Waals surface area contributed by atoms with Crippen LogP contribution in [-0.4, -0.2) is 30.3 Å². The fourth-order valence-electron chi connectivity index (χ4n) is 2.25. The van der Waals surface area contributed by atoms with Crippen LogP contribution in [0.5, 0.6) is 0 Å². The molecule has 0 bridgehead atoms. The Labute approximate surface area is 157 Å². The fraction of sp³-hybridized carbons (Fsp3) is 0.222. The van der Waals surface area contributed by atoms with Crippen molar-refractivity contribution in [1.82, 2.24) is 4.90 Å². The van der Waals surface area contributed by atoms with Gasteiger partial charge in [0, 0.05) is 18.3 Å². The summed E-state index contributed by atoms with van der Waals surface area (Å²) in [4.78, 5) is 25.3. The first kappa shape index (κ1) is 20.7. The van der Waals surface area contributed by atoms with Gasteiger partial charge in [0.05, 0.1) is 17.1 Å². The highest BCUT2D eigenvalue weighted by atomic mass is 35.5. The lowest BCUT2D eigenvalue weighted by Gasteiger charge is -2.18. The molecule has 2 amide bonds. The van der Waals surface area contributed by atoms with Gasteiger partial charge in [-0.3, -0.25) is 9.59 Å². The van der Waals surface area contributed by atoms with Crippen LogP contribution in [0.15, 0.2) is 36.4 Å². The molecule has 2 rings (SSSR count). The Kier molecular flexibility index (Phi) is 6.10. The van der Waals surface area contributed by atoms with Crippen molar-refractivity contribution in [2.24, 2.45) is 0 Å². The first-order chi connectivity index (χ1) is 12.5. The third-order valence-corrected chi connectivity index (χ3v) is 4.03. The molecular weight excluding hydrogens is 388 g/mol. The number of alkyl halides is 3. The minimum Gasteiger partial charge on any atom is -0.332 e. The molecule has 0 aliphatic rings. The molecule has 2 aromatic rings. The van der Waals surface area contributed by atoms with Crippen molar-refractivity contribution in [2.75, 3.05) is 18.9 Å². The van der Waals surface area contributed by atoms with E-state index in [0.29, 0.717) is 11.6 Å². The maximum Gasteiger partial charge on any atom is 0.417 e. The molecule has 0 atom stereocenters. The summed E-state index contributed by atoms with van der Waals surface area (Å²) in [5, 5.41) is 1.78. The number of hydrogen-bond donors (Lipinski definition) is 1. The molecule has 0 unspecified atom stereocenters. The first-order valence-electron chi connectivity index (χ1n) is 7.67. The predicted molar refractivity (Wildman–Crippen MR) is 93.2 cm³/mol. The largest absolute Gasteiger partial charge is 0.417 e. The highest BCUT2D eigenvalue weighted by Gasteiger charge is 2.33. The number of nitrogens with zero attached hydrogens (tertiary/aromatic N) is 1. The highest BCUT2D eigenvalue weighted by Crippen LogP contribution is 2.36. The summed E-state index contributed by atoms with van der Waals surface area (Å²) in [5.41, 5.74) is -0.769. The Hall–Kier alpha value is -2.61. The second-order valence-corrected chi connectivity index (χ2v) is 6.27. The zero-order valence-corrected chi connectivity index (χ0v) is 15.1. The van der Waals surface area contributed by atoms with Crippen molar-refractivity contribution in [1.29, 1.82) is 0 Å². The summed E-state index contributed by atoms with van der Waals surface area (Å²) in [5.74, 6) is -1.87. The number of halogens is 5. The molecule has 0 spiro atoms. The molecule has 0 saturated heterocycles. The maximum absolute atomic E-state index is 13.6. The molecular formula is C18H15ClF4N2O2. The Morgan fingerprint density at radius 2 is 1.81 bits per heavy atom. The number of likely N-dealkylation sites (N-methyl/N-ethyl adjacent to an activating group) is 1. The van der Waals surface area contributed by atoms with Crippen LogP contribution in [0.2, 0.25) is 5.02 Å². The third kappa shape index (κ3) is 5.19. The average molecular weight is 403 g/mol. The SMILES string of the molecule is Cc1ccc(C(=O)N(C)CC(=O)Nc2ccc(Cl)c(C(F)(F)F)c2)cc1F. The van der Waals surface area contributed by atoms with E-state index >= 15 is 0 Å². The second-order valence-electron chi connectivity index (χ2n) is 5.87. The highest BCUT2D eigenvalue weighted by molar-refractivity contribution is 6.31. The van der Waals surface area contributed by atoms with Crippen molar-refractivity contribution in [3.8, 4) is 0 Å². The lowest BCUT2D eigenvalue weighted by molar-refractivity contribution is -0.137. The smallest absolute Gasteiger partial charge is 0.332 e. The van der Waals surface area contributed by atoms with Crippen molar-refractivity contribution in [2.45, 2.75) is 13.1 Å². The lowest BCUT2D eigenvalue weighted by atomic mass is 10.1. The van der Waals surface area contributed by atoms with Gasteiger partial charge in [0.25, 0.3) is 5.91 Å². The van der Waals surface area contributed by atoms with Crippen LogP contribution in [-0.2, 0) is 11.0 Å². The normalized spacial score (nSPS) is 11.2. The average Bonchev–Trinajstić information content (AvgIpc) is 2.57. The maximum atomic E-state index is 13.6. The topological polar surface area (TPSA) is 49.4 Å². The van der Waals surface area contributed by atoms with Crippen LogP contribution in [0.4, 0.5) is 23.2 Å². The van der Waals surface area contributed by atoms with Crippen LogP contribution >= 0.6 is 11.6 Å². The van der Waals surface area contributed by atoms with Crippen LogP contribution in [0.1, 0.15) is 21.5 Å². The van der Waals surface area contributed by atoms with Gasteiger partial charge < -0.3 is 10.2 Å². The summed E-state index contributed by atoms with van der Waals surface area (Å²) < 4.78 is 52.1. The van der Waals surface area contributed by atoms with Gasteiger partial charge >= 0.3 is 6.18 Å². The molecule has 9 heteroatoms. The quantitative estimate of drug-likeness (QED) is 0.764.